The van der Waals surface area contributed by atoms with Crippen molar-refractivity contribution in [2.75, 3.05) is 0 Å². The van der Waals surface area contributed by atoms with E-state index in [4.69, 9.17) is 1.37 Å². The average molecular weight is 202 g/mol. The molecule has 1 fully saturated rings. The maximum Gasteiger partial charge on any atom is 0.220 e. The van der Waals surface area contributed by atoms with Gasteiger partial charge in [-0.2, -0.15) is 0 Å². The third-order valence-corrected chi connectivity index (χ3v) is 3.48. The predicted molar refractivity (Wildman–Crippen MR) is 58.7 cm³/mol. The summed E-state index contributed by atoms with van der Waals surface area (Å²) in [5, 5.41) is 3.03. The standard InChI is InChI=1S/C13H15NO/c15-13-8-6-11-10-4-2-1-3-9(10)5-7-12(11)14-13/h1-4,11-12H,5-8H2,(H,14,15)/i6D. The van der Waals surface area contributed by atoms with Gasteiger partial charge in [0, 0.05) is 19.8 Å². The fourth-order valence-electron chi connectivity index (χ4n) is 2.75. The molecule has 3 atom stereocenters. The SMILES string of the molecule is [2H]C1CC(=O)NC2CCc3ccccc3C12. The lowest BCUT2D eigenvalue weighted by Crippen LogP contribution is -2.45. The van der Waals surface area contributed by atoms with Crippen LogP contribution in [0.25, 0.3) is 0 Å². The van der Waals surface area contributed by atoms with E-state index in [2.05, 4.69) is 23.5 Å². The van der Waals surface area contributed by atoms with Crippen molar-refractivity contribution in [3.8, 4) is 0 Å². The maximum atomic E-state index is 11.4. The highest BCUT2D eigenvalue weighted by molar-refractivity contribution is 5.77. The van der Waals surface area contributed by atoms with Gasteiger partial charge < -0.3 is 5.32 Å². The van der Waals surface area contributed by atoms with E-state index in [1.54, 1.807) is 0 Å². The zero-order valence-corrected chi connectivity index (χ0v) is 8.57. The minimum absolute atomic E-state index is 0.0423. The largest absolute Gasteiger partial charge is 0.353 e. The quantitative estimate of drug-likeness (QED) is 0.685. The van der Waals surface area contributed by atoms with Gasteiger partial charge in [-0.3, -0.25) is 4.79 Å². The molecule has 0 aromatic heterocycles. The van der Waals surface area contributed by atoms with Gasteiger partial charge in [0.05, 0.1) is 0 Å². The molecule has 78 valence electrons. The molecule has 2 aliphatic rings. The zero-order valence-electron chi connectivity index (χ0n) is 9.57. The van der Waals surface area contributed by atoms with E-state index in [1.807, 2.05) is 6.07 Å². The van der Waals surface area contributed by atoms with Crippen molar-refractivity contribution in [3.05, 3.63) is 35.4 Å². The molecule has 0 bridgehead atoms. The highest BCUT2D eigenvalue weighted by Gasteiger charge is 2.33. The minimum Gasteiger partial charge on any atom is -0.353 e. The number of amides is 1. The first kappa shape index (κ1) is 7.91. The molecule has 0 saturated carbocycles. The van der Waals surface area contributed by atoms with E-state index < -0.39 is 0 Å². The second-order valence-corrected chi connectivity index (χ2v) is 4.38. The van der Waals surface area contributed by atoms with E-state index in [-0.39, 0.29) is 24.3 Å². The summed E-state index contributed by atoms with van der Waals surface area (Å²) in [6, 6.07) is 8.53. The van der Waals surface area contributed by atoms with Crippen LogP contribution in [0.4, 0.5) is 0 Å². The normalized spacial score (nSPS) is 34.8. The number of piperidine rings is 1. The number of benzene rings is 1. The number of aryl methyl sites for hydroxylation is 1. The Bertz CT molecular complexity index is 432. The Morgan fingerprint density at radius 2 is 2.20 bits per heavy atom. The summed E-state index contributed by atoms with van der Waals surface area (Å²) in [5.41, 5.74) is 2.64. The van der Waals surface area contributed by atoms with Crippen LogP contribution in [-0.2, 0) is 11.2 Å². The van der Waals surface area contributed by atoms with Crippen LogP contribution in [0.3, 0.4) is 0 Å². The highest BCUT2D eigenvalue weighted by atomic mass is 16.1. The summed E-state index contributed by atoms with van der Waals surface area (Å²) >= 11 is 0. The van der Waals surface area contributed by atoms with Crippen LogP contribution in [0, 0.1) is 0 Å². The summed E-state index contributed by atoms with van der Waals surface area (Å²) < 4.78 is 8.10. The Morgan fingerprint density at radius 1 is 1.33 bits per heavy atom. The van der Waals surface area contributed by atoms with Crippen molar-refractivity contribution in [1.29, 1.82) is 0 Å². The van der Waals surface area contributed by atoms with Crippen LogP contribution < -0.4 is 5.32 Å². The number of rotatable bonds is 0. The van der Waals surface area contributed by atoms with Crippen molar-refractivity contribution < 1.29 is 6.17 Å². The van der Waals surface area contributed by atoms with Crippen LogP contribution in [0.5, 0.6) is 0 Å². The summed E-state index contributed by atoms with van der Waals surface area (Å²) in [5.74, 6) is 0.239. The van der Waals surface area contributed by atoms with E-state index in [0.29, 0.717) is 6.42 Å². The zero-order chi connectivity index (χ0) is 11.1. The van der Waals surface area contributed by atoms with Gasteiger partial charge >= 0.3 is 0 Å². The molecule has 0 radical (unpaired) electrons. The molecule has 1 aromatic carbocycles. The van der Waals surface area contributed by atoms with Crippen LogP contribution in [0.2, 0.25) is 0 Å². The average Bonchev–Trinajstić information content (AvgIpc) is 2.28. The Hall–Kier alpha value is -1.31. The van der Waals surface area contributed by atoms with Gasteiger partial charge in [-0.05, 0) is 30.4 Å². The first-order valence-electron chi connectivity index (χ1n) is 6.13. The molecule has 15 heavy (non-hydrogen) atoms. The molecular formula is C13H15NO. The lowest BCUT2D eigenvalue weighted by Gasteiger charge is -2.37. The number of hydrogen-bond acceptors (Lipinski definition) is 1. The Kier molecular flexibility index (Phi) is 1.78. The lowest BCUT2D eigenvalue weighted by atomic mass is 9.75. The predicted octanol–water partition coefficient (Wildman–Crippen LogP) is 1.99. The molecule has 1 N–H and O–H groups in total. The van der Waals surface area contributed by atoms with Crippen molar-refractivity contribution in [1.82, 2.24) is 5.32 Å². The number of nitrogens with one attached hydrogen (secondary N) is 1. The molecular weight excluding hydrogens is 186 g/mol. The molecule has 1 amide bonds. The number of fused-ring (bicyclic) bond motifs is 3. The summed E-state index contributed by atoms with van der Waals surface area (Å²) in [6.07, 6.45) is 2.06. The smallest absolute Gasteiger partial charge is 0.220 e. The van der Waals surface area contributed by atoms with Crippen LogP contribution in [0.15, 0.2) is 24.3 Å². The van der Waals surface area contributed by atoms with Gasteiger partial charge in [0.25, 0.3) is 0 Å². The van der Waals surface area contributed by atoms with Crippen LogP contribution in [0.1, 0.15) is 37.7 Å². The second-order valence-electron chi connectivity index (χ2n) is 4.38. The van der Waals surface area contributed by atoms with E-state index in [1.165, 1.54) is 11.1 Å². The van der Waals surface area contributed by atoms with Crippen molar-refractivity contribution >= 4 is 5.91 Å². The molecule has 2 nitrogen and oxygen atoms in total. The van der Waals surface area contributed by atoms with Gasteiger partial charge in [-0.25, -0.2) is 0 Å². The third-order valence-electron chi connectivity index (χ3n) is 3.48. The fraction of sp³-hybridized carbons (Fsp3) is 0.462. The molecule has 3 unspecified atom stereocenters. The fourth-order valence-corrected chi connectivity index (χ4v) is 2.75. The first-order chi connectivity index (χ1) is 7.75. The molecule has 1 aliphatic carbocycles. The Labute approximate surface area is 91.1 Å². The van der Waals surface area contributed by atoms with E-state index >= 15 is 0 Å². The van der Waals surface area contributed by atoms with Crippen LogP contribution in [-0.4, -0.2) is 11.9 Å². The number of carbonyl (C=O) groups is 1. The Morgan fingerprint density at radius 3 is 3.13 bits per heavy atom. The second kappa shape index (κ2) is 3.37. The van der Waals surface area contributed by atoms with Gasteiger partial charge in [-0.15, -0.1) is 0 Å². The topological polar surface area (TPSA) is 29.1 Å². The van der Waals surface area contributed by atoms with Crippen molar-refractivity contribution in [2.24, 2.45) is 0 Å². The molecule has 0 spiro atoms. The molecule has 1 heterocycles. The van der Waals surface area contributed by atoms with Crippen LogP contribution >= 0.6 is 0 Å². The van der Waals surface area contributed by atoms with Gasteiger partial charge in [0.15, 0.2) is 0 Å². The lowest BCUT2D eigenvalue weighted by molar-refractivity contribution is -0.123. The van der Waals surface area contributed by atoms with E-state index in [9.17, 15) is 4.79 Å². The number of carbonyl (C=O) groups excluding carboxylic acids is 1. The van der Waals surface area contributed by atoms with Gasteiger partial charge in [0.1, 0.15) is 0 Å². The van der Waals surface area contributed by atoms with E-state index in [0.717, 1.165) is 12.8 Å². The molecule has 3 rings (SSSR count). The maximum absolute atomic E-state index is 11.4. The molecule has 1 saturated heterocycles. The van der Waals surface area contributed by atoms with Gasteiger partial charge in [-0.1, -0.05) is 24.3 Å². The molecule has 1 aliphatic heterocycles. The highest BCUT2D eigenvalue weighted by Crippen LogP contribution is 2.36. The Balaban J connectivity index is 2.01. The third kappa shape index (κ3) is 1.44. The monoisotopic (exact) mass is 202 g/mol. The van der Waals surface area contributed by atoms with Crippen molar-refractivity contribution in [2.45, 2.75) is 37.6 Å². The first-order valence-corrected chi connectivity index (χ1v) is 5.55. The summed E-state index contributed by atoms with van der Waals surface area (Å²) in [7, 11) is 0. The van der Waals surface area contributed by atoms with Crippen molar-refractivity contribution in [3.63, 3.8) is 0 Å². The minimum atomic E-state index is -0.278. The van der Waals surface area contributed by atoms with Gasteiger partial charge in [0.2, 0.25) is 5.91 Å². The summed E-state index contributed by atoms with van der Waals surface area (Å²) in [4.78, 5) is 11.4. The number of hydrogen-bond donors (Lipinski definition) is 1. The summed E-state index contributed by atoms with van der Waals surface area (Å²) in [6.45, 7) is 0. The molecule has 2 heteroatoms. The molecule has 1 aromatic rings.